The fourth-order valence-electron chi connectivity index (χ4n) is 5.43. The molecule has 22 heavy (non-hydrogen) atoms. The molecule has 2 nitrogen and oxygen atoms in total. The SMILES string of the molecule is CC(=O)O[C@@H]1[C@H](Cl)[C@@H]2C[C@H]1[C@@H]1c3cccc4cccc(c34)[C@H]21. The Hall–Kier alpha value is -1.54. The van der Waals surface area contributed by atoms with Gasteiger partial charge in [-0.3, -0.25) is 4.79 Å². The Kier molecular flexibility index (Phi) is 2.51. The molecule has 0 amide bonds. The Bertz CT molecular complexity index is 794. The van der Waals surface area contributed by atoms with Gasteiger partial charge in [0.1, 0.15) is 6.10 Å². The highest BCUT2D eigenvalue weighted by molar-refractivity contribution is 6.21. The number of rotatable bonds is 1. The van der Waals surface area contributed by atoms with Gasteiger partial charge in [-0.25, -0.2) is 0 Å². The van der Waals surface area contributed by atoms with Crippen molar-refractivity contribution < 1.29 is 9.53 Å². The van der Waals surface area contributed by atoms with Crippen LogP contribution >= 0.6 is 11.6 Å². The Morgan fingerprint density at radius 1 is 1.09 bits per heavy atom. The van der Waals surface area contributed by atoms with Crippen molar-refractivity contribution in [1.82, 2.24) is 0 Å². The number of alkyl halides is 1. The first kappa shape index (κ1) is 13.0. The third-order valence-corrected chi connectivity index (χ3v) is 6.56. The minimum absolute atomic E-state index is 0.0558. The molecule has 0 aromatic heterocycles. The summed E-state index contributed by atoms with van der Waals surface area (Å²) in [4.78, 5) is 11.4. The zero-order chi connectivity index (χ0) is 15.0. The quantitative estimate of drug-likeness (QED) is 0.582. The van der Waals surface area contributed by atoms with Crippen molar-refractivity contribution in [2.45, 2.75) is 36.7 Å². The number of carbonyl (C=O) groups is 1. The number of fused-ring (bicyclic) bond motifs is 7. The van der Waals surface area contributed by atoms with Crippen LogP contribution in [0.25, 0.3) is 10.8 Å². The molecule has 2 bridgehead atoms. The topological polar surface area (TPSA) is 26.3 Å². The Morgan fingerprint density at radius 2 is 1.73 bits per heavy atom. The maximum absolute atomic E-state index is 11.4. The fourth-order valence-corrected chi connectivity index (χ4v) is 5.93. The highest BCUT2D eigenvalue weighted by atomic mass is 35.5. The normalized spacial score (nSPS) is 37.5. The van der Waals surface area contributed by atoms with Gasteiger partial charge in [0.2, 0.25) is 0 Å². The lowest BCUT2D eigenvalue weighted by molar-refractivity contribution is -0.149. The molecule has 112 valence electrons. The summed E-state index contributed by atoms with van der Waals surface area (Å²) in [6, 6.07) is 13.2. The van der Waals surface area contributed by atoms with Crippen molar-refractivity contribution >= 4 is 28.3 Å². The Balaban J connectivity index is 1.67. The summed E-state index contributed by atoms with van der Waals surface area (Å²) in [6.07, 6.45) is 0.946. The van der Waals surface area contributed by atoms with E-state index in [1.165, 1.54) is 28.8 Å². The summed E-state index contributed by atoms with van der Waals surface area (Å²) in [7, 11) is 0. The summed E-state index contributed by atoms with van der Waals surface area (Å²) < 4.78 is 5.59. The van der Waals surface area contributed by atoms with Crippen LogP contribution < -0.4 is 0 Å². The third kappa shape index (κ3) is 1.44. The van der Waals surface area contributed by atoms with Crippen molar-refractivity contribution in [3.8, 4) is 0 Å². The van der Waals surface area contributed by atoms with Crippen LogP contribution in [0.15, 0.2) is 36.4 Å². The van der Waals surface area contributed by atoms with Crippen LogP contribution in [0.1, 0.15) is 36.3 Å². The van der Waals surface area contributed by atoms with Gasteiger partial charge in [-0.1, -0.05) is 36.4 Å². The van der Waals surface area contributed by atoms with Gasteiger partial charge >= 0.3 is 5.97 Å². The molecule has 0 aliphatic heterocycles. The average molecular weight is 313 g/mol. The second kappa shape index (κ2) is 4.26. The van der Waals surface area contributed by atoms with E-state index in [1.54, 1.807) is 0 Å². The van der Waals surface area contributed by atoms with Crippen molar-refractivity contribution in [2.75, 3.05) is 0 Å². The Labute approximate surface area is 134 Å². The van der Waals surface area contributed by atoms with Crippen molar-refractivity contribution in [1.29, 1.82) is 0 Å². The first-order chi connectivity index (χ1) is 10.7. The summed E-state index contributed by atoms with van der Waals surface area (Å²) in [6.45, 7) is 1.48. The van der Waals surface area contributed by atoms with Crippen LogP contribution in [0.2, 0.25) is 0 Å². The van der Waals surface area contributed by atoms with Gasteiger partial charge in [-0.15, -0.1) is 11.6 Å². The molecule has 3 aliphatic rings. The van der Waals surface area contributed by atoms with Crippen LogP contribution in [0.5, 0.6) is 0 Å². The van der Waals surface area contributed by atoms with E-state index in [1.807, 2.05) is 0 Å². The zero-order valence-corrected chi connectivity index (χ0v) is 13.1. The van der Waals surface area contributed by atoms with Gasteiger partial charge in [0.05, 0.1) is 5.38 Å². The summed E-state index contributed by atoms with van der Waals surface area (Å²) in [5.74, 6) is 1.53. The van der Waals surface area contributed by atoms with Crippen molar-refractivity contribution in [3.05, 3.63) is 47.5 Å². The largest absolute Gasteiger partial charge is 0.461 e. The molecule has 2 fully saturated rings. The molecule has 3 aliphatic carbocycles. The van der Waals surface area contributed by atoms with E-state index in [0.29, 0.717) is 23.7 Å². The molecule has 0 spiro atoms. The predicted molar refractivity (Wildman–Crippen MR) is 86.2 cm³/mol. The third-order valence-electron chi connectivity index (χ3n) is 5.99. The minimum Gasteiger partial charge on any atom is -0.461 e. The molecule has 0 heterocycles. The second-order valence-electron chi connectivity index (χ2n) is 6.93. The van der Waals surface area contributed by atoms with E-state index in [2.05, 4.69) is 36.4 Å². The van der Waals surface area contributed by atoms with Crippen LogP contribution in [0.4, 0.5) is 0 Å². The Morgan fingerprint density at radius 3 is 2.36 bits per heavy atom. The molecular formula is C19H17ClO2. The van der Waals surface area contributed by atoms with Crippen LogP contribution in [0, 0.1) is 11.8 Å². The monoisotopic (exact) mass is 312 g/mol. The maximum atomic E-state index is 11.4. The van der Waals surface area contributed by atoms with Crippen molar-refractivity contribution in [2.24, 2.45) is 11.8 Å². The van der Waals surface area contributed by atoms with Crippen LogP contribution in [-0.2, 0) is 9.53 Å². The number of ether oxygens (including phenoxy) is 1. The predicted octanol–water partition coefficient (Wildman–Crippen LogP) is 4.21. The molecular weight excluding hydrogens is 296 g/mol. The van der Waals surface area contributed by atoms with E-state index >= 15 is 0 Å². The number of halogens is 1. The minimum atomic E-state index is -0.214. The number of benzene rings is 2. The summed E-state index contributed by atoms with van der Waals surface area (Å²) in [5, 5.41) is 2.68. The number of hydrogen-bond acceptors (Lipinski definition) is 2. The van der Waals surface area contributed by atoms with E-state index < -0.39 is 0 Å². The first-order valence-corrected chi connectivity index (χ1v) is 8.43. The van der Waals surface area contributed by atoms with Crippen molar-refractivity contribution in [3.63, 3.8) is 0 Å². The van der Waals surface area contributed by atoms with Gasteiger partial charge < -0.3 is 4.74 Å². The standard InChI is InChI=1S/C19H17ClO2/c1-9(21)22-19-14-8-13(18(19)20)16-11-6-2-4-10-5-3-7-12(15(10)11)17(14)16/h2-7,13-14,16-19H,8H2,1H3/t13-,14+,16-,17+,18-,19+/m1/s1. The maximum Gasteiger partial charge on any atom is 0.302 e. The zero-order valence-electron chi connectivity index (χ0n) is 12.3. The molecule has 2 saturated carbocycles. The molecule has 3 heteroatoms. The molecule has 2 aromatic carbocycles. The number of esters is 1. The van der Waals surface area contributed by atoms with Gasteiger partial charge in [0.15, 0.2) is 0 Å². The van der Waals surface area contributed by atoms with E-state index in [9.17, 15) is 4.79 Å². The first-order valence-electron chi connectivity index (χ1n) is 7.99. The lowest BCUT2D eigenvalue weighted by Crippen LogP contribution is -2.38. The highest BCUT2D eigenvalue weighted by Gasteiger charge is 2.61. The van der Waals surface area contributed by atoms with E-state index in [0.717, 1.165) is 6.42 Å². The van der Waals surface area contributed by atoms with Gasteiger partial charge in [-0.05, 0) is 46.1 Å². The van der Waals surface area contributed by atoms with Gasteiger partial charge in [0.25, 0.3) is 0 Å². The van der Waals surface area contributed by atoms with E-state index in [-0.39, 0.29) is 17.5 Å². The molecule has 2 aromatic rings. The molecule has 0 unspecified atom stereocenters. The summed E-state index contributed by atoms with van der Waals surface area (Å²) >= 11 is 6.69. The molecule has 6 atom stereocenters. The average Bonchev–Trinajstić information content (AvgIpc) is 3.12. The molecule has 0 N–H and O–H groups in total. The van der Waals surface area contributed by atoms with Crippen LogP contribution in [0.3, 0.4) is 0 Å². The van der Waals surface area contributed by atoms with Gasteiger partial charge in [-0.2, -0.15) is 0 Å². The van der Waals surface area contributed by atoms with E-state index in [4.69, 9.17) is 16.3 Å². The highest BCUT2D eigenvalue weighted by Crippen LogP contribution is 2.67. The number of carbonyl (C=O) groups excluding carboxylic acids is 1. The lowest BCUT2D eigenvalue weighted by Gasteiger charge is -2.35. The molecule has 0 saturated heterocycles. The number of hydrogen-bond donors (Lipinski definition) is 0. The lowest BCUT2D eigenvalue weighted by atomic mass is 9.76. The summed E-state index contributed by atoms with van der Waals surface area (Å²) in [5.41, 5.74) is 2.89. The fraction of sp³-hybridized carbons (Fsp3) is 0.421. The van der Waals surface area contributed by atoms with Gasteiger partial charge in [0, 0.05) is 12.8 Å². The molecule has 0 radical (unpaired) electrons. The smallest absolute Gasteiger partial charge is 0.302 e. The van der Waals surface area contributed by atoms with Crippen LogP contribution in [-0.4, -0.2) is 17.5 Å². The second-order valence-corrected chi connectivity index (χ2v) is 7.43. The molecule has 5 rings (SSSR count).